The van der Waals surface area contributed by atoms with Crippen LogP contribution >= 0.6 is 0 Å². The summed E-state index contributed by atoms with van der Waals surface area (Å²) in [6.45, 7) is 0. The van der Waals surface area contributed by atoms with E-state index in [1.54, 1.807) is 0 Å². The second-order valence-electron chi connectivity index (χ2n) is 3.92. The first kappa shape index (κ1) is 21.9. The van der Waals surface area contributed by atoms with Gasteiger partial charge in [0.05, 0.1) is 0 Å². The Labute approximate surface area is 114 Å². The van der Waals surface area contributed by atoms with Gasteiger partial charge in [-0.3, -0.25) is 0 Å². The quantitative estimate of drug-likeness (QED) is 0.715. The Morgan fingerprint density at radius 2 is 0.522 bits per heavy atom. The smallest absolute Gasteiger partial charge is 0.352 e. The molecule has 0 aromatic carbocycles. The van der Waals surface area contributed by atoms with Crippen molar-refractivity contribution in [3.8, 4) is 0 Å². The molecule has 0 atom stereocenters. The van der Waals surface area contributed by atoms with Crippen LogP contribution in [0.15, 0.2) is 0 Å². The lowest BCUT2D eigenvalue weighted by Crippen LogP contribution is -2.73. The van der Waals surface area contributed by atoms with E-state index in [2.05, 4.69) is 0 Å². The van der Waals surface area contributed by atoms with Gasteiger partial charge < -0.3 is 5.11 Å². The molecule has 0 heterocycles. The molecule has 0 saturated carbocycles. The third kappa shape index (κ3) is 2.67. The molecule has 1 N–H and O–H groups in total. The molecular weight excluding hydrogens is 385 g/mol. The van der Waals surface area contributed by atoms with Crippen molar-refractivity contribution in [2.45, 2.75) is 41.9 Å². The molecule has 0 spiro atoms. The number of alkyl halides is 15. The summed E-state index contributed by atoms with van der Waals surface area (Å²) < 4.78 is 182. The van der Waals surface area contributed by atoms with Crippen molar-refractivity contribution in [2.24, 2.45) is 0 Å². The third-order valence-electron chi connectivity index (χ3n) is 2.33. The summed E-state index contributed by atoms with van der Waals surface area (Å²) in [5.41, 5.74) is 0. The van der Waals surface area contributed by atoms with Crippen LogP contribution in [0.3, 0.4) is 0 Å². The van der Waals surface area contributed by atoms with Crippen molar-refractivity contribution in [1.29, 1.82) is 0 Å². The Bertz CT molecular complexity index is 400. The second-order valence-corrected chi connectivity index (χ2v) is 3.92. The molecule has 1 nitrogen and oxygen atoms in total. The monoisotopic (exact) mass is 386 g/mol. The Morgan fingerprint density at radius 3 is 0.652 bits per heavy atom. The molecule has 16 heteroatoms. The summed E-state index contributed by atoms with van der Waals surface area (Å²) in [6.07, 6.45) is -15.2. The molecule has 0 aliphatic rings. The Hall–Kier alpha value is -1.09. The molecule has 140 valence electrons. The highest BCUT2D eigenvalue weighted by molar-refractivity contribution is 5.11. The first-order valence-electron chi connectivity index (χ1n) is 4.56. The van der Waals surface area contributed by atoms with E-state index in [4.69, 9.17) is 5.11 Å². The molecule has 0 radical (unpaired) electrons. The van der Waals surface area contributed by atoms with Gasteiger partial charge in [0.25, 0.3) is 0 Å². The zero-order chi connectivity index (χ0) is 19.5. The summed E-state index contributed by atoms with van der Waals surface area (Å²) in [5.74, 6) is -40.0. The van der Waals surface area contributed by atoms with E-state index in [0.29, 0.717) is 0 Å². The molecule has 0 aliphatic carbocycles. The maximum atomic E-state index is 12.8. The van der Waals surface area contributed by atoms with Crippen molar-refractivity contribution in [3.05, 3.63) is 0 Å². The van der Waals surface area contributed by atoms with Crippen LogP contribution in [0.5, 0.6) is 0 Å². The van der Waals surface area contributed by atoms with Crippen LogP contribution in [-0.4, -0.2) is 47.0 Å². The van der Waals surface area contributed by atoms with E-state index >= 15 is 0 Å². The van der Waals surface area contributed by atoms with E-state index < -0.39 is 41.9 Å². The standard InChI is InChI=1S/C7HF15O/c8-1(9,3(12,13)6(17,18)19)5(16,23)2(10,11)4(14,15)7(20,21)22/h23H. The number of hydrogen-bond acceptors (Lipinski definition) is 1. The van der Waals surface area contributed by atoms with Crippen molar-refractivity contribution >= 4 is 0 Å². The van der Waals surface area contributed by atoms with Gasteiger partial charge in [-0.25, -0.2) is 0 Å². The maximum absolute atomic E-state index is 12.8. The topological polar surface area (TPSA) is 20.2 Å². The Kier molecular flexibility index (Phi) is 4.72. The fraction of sp³-hybridized carbons (Fsp3) is 1.00. The van der Waals surface area contributed by atoms with E-state index in [0.717, 1.165) is 0 Å². The predicted molar refractivity (Wildman–Crippen MR) is 38.0 cm³/mol. The van der Waals surface area contributed by atoms with Crippen LogP contribution in [0.1, 0.15) is 0 Å². The maximum Gasteiger partial charge on any atom is 0.460 e. The van der Waals surface area contributed by atoms with Crippen LogP contribution in [0.2, 0.25) is 0 Å². The molecular formula is C7HF15O. The minimum atomic E-state index is -8.11. The van der Waals surface area contributed by atoms with E-state index in [-0.39, 0.29) is 0 Å². The van der Waals surface area contributed by atoms with Gasteiger partial charge in [0, 0.05) is 0 Å². The third-order valence-corrected chi connectivity index (χ3v) is 2.33. The SMILES string of the molecule is OC(F)(C(F)(F)C(F)(F)C(F)(F)F)C(F)(F)C(F)(F)C(F)(F)F. The van der Waals surface area contributed by atoms with Crippen LogP contribution in [0.4, 0.5) is 65.9 Å². The second kappa shape index (κ2) is 4.95. The highest BCUT2D eigenvalue weighted by atomic mass is 19.4. The van der Waals surface area contributed by atoms with Gasteiger partial charge in [-0.05, 0) is 0 Å². The summed E-state index contributed by atoms with van der Waals surface area (Å²) in [4.78, 5) is 0. The molecule has 0 amide bonds. The zero-order valence-electron chi connectivity index (χ0n) is 9.62. The fourth-order valence-electron chi connectivity index (χ4n) is 0.969. The number of rotatable bonds is 4. The zero-order valence-corrected chi connectivity index (χ0v) is 9.62. The molecule has 0 unspecified atom stereocenters. The van der Waals surface area contributed by atoms with Crippen LogP contribution in [0.25, 0.3) is 0 Å². The number of hydrogen-bond donors (Lipinski definition) is 1. The molecule has 0 aromatic heterocycles. The molecule has 0 rings (SSSR count). The first-order valence-corrected chi connectivity index (χ1v) is 4.56. The summed E-state index contributed by atoms with van der Waals surface area (Å²) >= 11 is 0. The number of halogens is 15. The van der Waals surface area contributed by atoms with Gasteiger partial charge in [0.2, 0.25) is 0 Å². The van der Waals surface area contributed by atoms with Crippen LogP contribution < -0.4 is 0 Å². The molecule has 0 aliphatic heterocycles. The van der Waals surface area contributed by atoms with Crippen LogP contribution in [0, 0.1) is 0 Å². The van der Waals surface area contributed by atoms with E-state index in [1.165, 1.54) is 0 Å². The molecule has 0 saturated heterocycles. The minimum Gasteiger partial charge on any atom is -0.352 e. The Balaban J connectivity index is 6.37. The van der Waals surface area contributed by atoms with E-state index in [9.17, 15) is 65.9 Å². The molecule has 0 aromatic rings. The highest BCUT2D eigenvalue weighted by Gasteiger charge is 2.92. The van der Waals surface area contributed by atoms with Gasteiger partial charge in [0.15, 0.2) is 0 Å². The lowest BCUT2D eigenvalue weighted by Gasteiger charge is -2.41. The van der Waals surface area contributed by atoms with Gasteiger partial charge in [-0.1, -0.05) is 0 Å². The number of aliphatic hydroxyl groups is 1. The lowest BCUT2D eigenvalue weighted by molar-refractivity contribution is -0.476. The lowest BCUT2D eigenvalue weighted by atomic mass is 9.92. The first-order chi connectivity index (χ1) is 9.50. The van der Waals surface area contributed by atoms with Crippen molar-refractivity contribution < 1.29 is 71.0 Å². The summed E-state index contributed by atoms with van der Waals surface area (Å²) in [5, 5.41) is 7.84. The largest absolute Gasteiger partial charge is 0.460 e. The van der Waals surface area contributed by atoms with Crippen molar-refractivity contribution in [3.63, 3.8) is 0 Å². The van der Waals surface area contributed by atoms with Gasteiger partial charge in [-0.2, -0.15) is 65.9 Å². The fourth-order valence-corrected chi connectivity index (χ4v) is 0.969. The van der Waals surface area contributed by atoms with Crippen molar-refractivity contribution in [1.82, 2.24) is 0 Å². The predicted octanol–water partition coefficient (Wildman–Crippen LogP) is 4.31. The van der Waals surface area contributed by atoms with Gasteiger partial charge in [0.1, 0.15) is 0 Å². The van der Waals surface area contributed by atoms with Gasteiger partial charge >= 0.3 is 41.9 Å². The van der Waals surface area contributed by atoms with E-state index in [1.807, 2.05) is 0 Å². The average Bonchev–Trinajstić information content (AvgIpc) is 2.24. The molecule has 0 bridgehead atoms. The van der Waals surface area contributed by atoms with Crippen LogP contribution in [-0.2, 0) is 0 Å². The normalized spacial score (nSPS) is 16.7. The van der Waals surface area contributed by atoms with Crippen molar-refractivity contribution in [2.75, 3.05) is 0 Å². The summed E-state index contributed by atoms with van der Waals surface area (Å²) in [6, 6.07) is 0. The van der Waals surface area contributed by atoms with Gasteiger partial charge in [-0.15, -0.1) is 0 Å². The minimum absolute atomic E-state index is 7.58. The Morgan fingerprint density at radius 1 is 0.348 bits per heavy atom. The highest BCUT2D eigenvalue weighted by Crippen LogP contribution is 2.60. The summed E-state index contributed by atoms with van der Waals surface area (Å²) in [7, 11) is 0. The molecule has 0 fully saturated rings. The average molecular weight is 386 g/mol. The molecule has 23 heavy (non-hydrogen) atoms.